The number of halogens is 2. The van der Waals surface area contributed by atoms with Gasteiger partial charge in [-0.15, -0.1) is 0 Å². The number of hydrogen-bond donors (Lipinski definition) is 0. The Bertz CT molecular complexity index is 740. The second-order valence-corrected chi connectivity index (χ2v) is 5.50. The van der Waals surface area contributed by atoms with Crippen molar-refractivity contribution in [1.29, 1.82) is 0 Å². The highest BCUT2D eigenvalue weighted by Gasteiger charge is 2.36. The lowest BCUT2D eigenvalue weighted by atomic mass is 10.0. The number of fused-ring (bicyclic) bond motifs is 1. The Kier molecular flexibility index (Phi) is 2.92. The van der Waals surface area contributed by atoms with Crippen molar-refractivity contribution in [2.75, 3.05) is 0 Å². The molecule has 0 radical (unpaired) electrons. The first-order valence-corrected chi connectivity index (χ1v) is 6.69. The summed E-state index contributed by atoms with van der Waals surface area (Å²) in [7, 11) is 0. The molecule has 0 spiro atoms. The number of carbonyl (C=O) groups excluding carboxylic acids is 1. The minimum atomic E-state index is -0.300. The number of Topliss-reactive ketones (excluding diaryl/α,β-unsaturated/α-hetero) is 1. The van der Waals surface area contributed by atoms with Crippen LogP contribution in [0.2, 0.25) is 5.02 Å². The summed E-state index contributed by atoms with van der Waals surface area (Å²) >= 11 is 9.20. The van der Waals surface area contributed by atoms with Crippen LogP contribution in [0, 0.1) is 5.21 Å². The van der Waals surface area contributed by atoms with Crippen LogP contribution in [0.5, 0.6) is 0 Å². The van der Waals surface area contributed by atoms with Gasteiger partial charge in [0.25, 0.3) is 11.5 Å². The third-order valence-corrected chi connectivity index (χ3v) is 3.67. The molecule has 94 valence electrons. The van der Waals surface area contributed by atoms with Gasteiger partial charge in [-0.2, -0.15) is 4.74 Å². The highest BCUT2D eigenvalue weighted by molar-refractivity contribution is 9.10. The predicted molar refractivity (Wildman–Crippen MR) is 77.3 cm³/mol. The fraction of sp³-hybridized carbons (Fsp3) is 0. The van der Waals surface area contributed by atoms with Gasteiger partial charge in [-0.25, -0.2) is 0 Å². The zero-order chi connectivity index (χ0) is 13.6. The average Bonchev–Trinajstić information content (AvgIpc) is 2.61. The summed E-state index contributed by atoms with van der Waals surface area (Å²) in [5.41, 5.74) is 1.39. The summed E-state index contributed by atoms with van der Waals surface area (Å²) in [6, 6.07) is 11.8. The molecule has 3 nitrogen and oxygen atoms in total. The molecule has 1 aliphatic rings. The molecule has 0 saturated heterocycles. The Morgan fingerprint density at radius 3 is 2.68 bits per heavy atom. The largest absolute Gasteiger partial charge is 0.618 e. The van der Waals surface area contributed by atoms with Crippen LogP contribution in [-0.4, -0.2) is 16.2 Å². The lowest BCUT2D eigenvalue weighted by molar-refractivity contribution is -0.355. The van der Waals surface area contributed by atoms with Crippen LogP contribution >= 0.6 is 27.5 Å². The molecule has 1 heterocycles. The molecule has 0 aromatic heterocycles. The fourth-order valence-electron chi connectivity index (χ4n) is 2.09. The van der Waals surface area contributed by atoms with Crippen molar-refractivity contribution in [3.05, 3.63) is 68.3 Å². The molecule has 1 aliphatic heterocycles. The Balaban J connectivity index is 2.20. The van der Waals surface area contributed by atoms with E-state index in [0.29, 0.717) is 26.6 Å². The van der Waals surface area contributed by atoms with Crippen molar-refractivity contribution in [1.82, 2.24) is 0 Å². The number of nitrogens with zero attached hydrogens (tertiary/aromatic N) is 1. The first-order chi connectivity index (χ1) is 9.08. The molecule has 0 aliphatic carbocycles. The van der Waals surface area contributed by atoms with Gasteiger partial charge in [-0.05, 0) is 30.3 Å². The Labute approximate surface area is 122 Å². The number of benzene rings is 2. The number of ketones is 1. The first-order valence-electron chi connectivity index (χ1n) is 5.52. The molecule has 0 N–H and O–H groups in total. The van der Waals surface area contributed by atoms with E-state index in [9.17, 15) is 10.0 Å². The van der Waals surface area contributed by atoms with Crippen molar-refractivity contribution in [3.8, 4) is 0 Å². The van der Waals surface area contributed by atoms with E-state index in [-0.39, 0.29) is 11.5 Å². The zero-order valence-corrected chi connectivity index (χ0v) is 11.9. The number of rotatable bonds is 1. The molecule has 2 aromatic rings. The van der Waals surface area contributed by atoms with E-state index in [0.717, 1.165) is 4.47 Å². The third kappa shape index (κ3) is 1.97. The highest BCUT2D eigenvalue weighted by Crippen LogP contribution is 2.30. The summed E-state index contributed by atoms with van der Waals surface area (Å²) in [5, 5.41) is 12.7. The van der Waals surface area contributed by atoms with Gasteiger partial charge in [0.1, 0.15) is 5.56 Å². The maximum atomic E-state index is 12.3. The minimum absolute atomic E-state index is 0.124. The molecular weight excluding hydrogens is 330 g/mol. The Morgan fingerprint density at radius 2 is 1.95 bits per heavy atom. The van der Waals surface area contributed by atoms with Gasteiger partial charge in [0, 0.05) is 15.6 Å². The van der Waals surface area contributed by atoms with Crippen molar-refractivity contribution in [2.45, 2.75) is 0 Å². The first kappa shape index (κ1) is 12.4. The van der Waals surface area contributed by atoms with Crippen LogP contribution in [0.25, 0.3) is 0 Å². The quantitative estimate of drug-likeness (QED) is 0.585. The van der Waals surface area contributed by atoms with Gasteiger partial charge in [0.05, 0.1) is 5.56 Å². The summed E-state index contributed by atoms with van der Waals surface area (Å²) < 4.78 is 1.48. The van der Waals surface area contributed by atoms with E-state index in [2.05, 4.69) is 15.9 Å². The Morgan fingerprint density at radius 1 is 1.16 bits per heavy atom. The van der Waals surface area contributed by atoms with E-state index in [4.69, 9.17) is 11.6 Å². The normalized spacial score (nSPS) is 13.9. The lowest BCUT2D eigenvalue weighted by Crippen LogP contribution is -2.16. The van der Waals surface area contributed by atoms with Crippen molar-refractivity contribution in [2.24, 2.45) is 0 Å². The second kappa shape index (κ2) is 4.47. The molecule has 0 saturated carbocycles. The zero-order valence-electron chi connectivity index (χ0n) is 9.56. The predicted octanol–water partition coefficient (Wildman–Crippen LogP) is 3.93. The van der Waals surface area contributed by atoms with Crippen molar-refractivity contribution in [3.63, 3.8) is 0 Å². The molecule has 2 aromatic carbocycles. The van der Waals surface area contributed by atoms with Gasteiger partial charge in [-0.1, -0.05) is 33.6 Å². The lowest BCUT2D eigenvalue weighted by Gasteiger charge is -2.02. The van der Waals surface area contributed by atoms with Crippen LogP contribution in [0.1, 0.15) is 15.9 Å². The fourth-order valence-corrected chi connectivity index (χ4v) is 2.66. The van der Waals surface area contributed by atoms with Crippen molar-refractivity contribution >= 4 is 44.7 Å². The smallest absolute Gasteiger partial charge is 0.272 e. The maximum Gasteiger partial charge on any atom is 0.272 e. The minimum Gasteiger partial charge on any atom is -0.618 e. The van der Waals surface area contributed by atoms with Crippen LogP contribution in [0.15, 0.2) is 46.9 Å². The van der Waals surface area contributed by atoms with Crippen LogP contribution in [0.3, 0.4) is 0 Å². The Hall–Kier alpha value is -1.65. The van der Waals surface area contributed by atoms with Gasteiger partial charge >= 0.3 is 0 Å². The van der Waals surface area contributed by atoms with Gasteiger partial charge in [0.2, 0.25) is 5.69 Å². The topological polar surface area (TPSA) is 43.1 Å². The van der Waals surface area contributed by atoms with Crippen LogP contribution < -0.4 is 0 Å². The molecule has 0 amide bonds. The van der Waals surface area contributed by atoms with Crippen molar-refractivity contribution < 1.29 is 9.53 Å². The third-order valence-electron chi connectivity index (χ3n) is 2.94. The summed E-state index contributed by atoms with van der Waals surface area (Å²) in [4.78, 5) is 12.3. The standard InChI is InChI=1S/C14H7BrClNO2/c15-9-3-1-2-8(6-9)13-14(18)11-7-10(16)4-5-12(11)17(13)19/h1-7H. The molecule has 5 heteroatoms. The molecule has 19 heavy (non-hydrogen) atoms. The number of hydrogen-bond acceptors (Lipinski definition) is 2. The molecule has 0 atom stereocenters. The van der Waals surface area contributed by atoms with Gasteiger partial charge in [-0.3, -0.25) is 4.79 Å². The number of carbonyl (C=O) groups is 1. The van der Waals surface area contributed by atoms with Crippen LogP contribution in [-0.2, 0) is 0 Å². The summed E-state index contributed by atoms with van der Waals surface area (Å²) in [6.07, 6.45) is 0. The van der Waals surface area contributed by atoms with E-state index < -0.39 is 0 Å². The average molecular weight is 337 g/mol. The summed E-state index contributed by atoms with van der Waals surface area (Å²) in [6.45, 7) is 0. The van der Waals surface area contributed by atoms with Gasteiger partial charge < -0.3 is 5.21 Å². The highest BCUT2D eigenvalue weighted by atomic mass is 79.9. The van der Waals surface area contributed by atoms with E-state index in [1.165, 1.54) is 6.07 Å². The molecule has 0 fully saturated rings. The second-order valence-electron chi connectivity index (χ2n) is 4.14. The maximum absolute atomic E-state index is 12.3. The SMILES string of the molecule is O=C1C(c2cccc(Br)c2)=[N+]([O-])c2ccc(Cl)cc21. The molecule has 0 unspecified atom stereocenters. The molecular formula is C14H7BrClNO2. The van der Waals surface area contributed by atoms with E-state index >= 15 is 0 Å². The van der Waals surface area contributed by atoms with E-state index in [1.54, 1.807) is 30.3 Å². The monoisotopic (exact) mass is 335 g/mol. The molecule has 0 bridgehead atoms. The molecule has 3 rings (SSSR count). The van der Waals surface area contributed by atoms with Crippen LogP contribution in [0.4, 0.5) is 5.69 Å². The van der Waals surface area contributed by atoms with Gasteiger partial charge in [0.15, 0.2) is 0 Å². The van der Waals surface area contributed by atoms with E-state index in [1.807, 2.05) is 6.07 Å². The summed E-state index contributed by atoms with van der Waals surface area (Å²) in [5.74, 6) is -0.300.